The molecule has 2 aromatic rings. The molecule has 0 radical (unpaired) electrons. The van der Waals surface area contributed by atoms with E-state index in [-0.39, 0.29) is 22.3 Å². The molecule has 1 unspecified atom stereocenters. The fraction of sp³-hybridized carbons (Fsp3) is 0.478. The van der Waals surface area contributed by atoms with Gasteiger partial charge < -0.3 is 10.1 Å². The highest BCUT2D eigenvalue weighted by molar-refractivity contribution is 7.89. The van der Waals surface area contributed by atoms with Gasteiger partial charge in [0.1, 0.15) is 11.4 Å². The van der Waals surface area contributed by atoms with Gasteiger partial charge in [-0.1, -0.05) is 32.0 Å². The Kier molecular flexibility index (Phi) is 8.28. The van der Waals surface area contributed by atoms with Gasteiger partial charge in [0.15, 0.2) is 0 Å². The first-order chi connectivity index (χ1) is 15.8. The second kappa shape index (κ2) is 11.0. The summed E-state index contributed by atoms with van der Waals surface area (Å²) in [5.41, 5.74) is 1.04. The fourth-order valence-electron chi connectivity index (χ4n) is 4.32. The number of sulfonamides is 1. The molecule has 9 nitrogen and oxygen atoms in total. The van der Waals surface area contributed by atoms with Gasteiger partial charge in [-0.15, -0.1) is 0 Å². The van der Waals surface area contributed by atoms with Gasteiger partial charge in [-0.3, -0.25) is 15.0 Å². The summed E-state index contributed by atoms with van der Waals surface area (Å²) in [6.07, 6.45) is 2.20. The van der Waals surface area contributed by atoms with Crippen molar-refractivity contribution in [2.75, 3.05) is 45.2 Å². The van der Waals surface area contributed by atoms with Crippen LogP contribution in [0.15, 0.2) is 47.4 Å². The summed E-state index contributed by atoms with van der Waals surface area (Å²) < 4.78 is 32.5. The summed E-state index contributed by atoms with van der Waals surface area (Å²) in [5.74, 6) is 0.770. The minimum atomic E-state index is -3.79. The van der Waals surface area contributed by atoms with Crippen molar-refractivity contribution in [3.63, 3.8) is 0 Å². The molecule has 1 heterocycles. The van der Waals surface area contributed by atoms with Crippen LogP contribution in [0.4, 0.5) is 11.4 Å². The van der Waals surface area contributed by atoms with Crippen molar-refractivity contribution in [2.45, 2.75) is 37.6 Å². The van der Waals surface area contributed by atoms with E-state index in [2.05, 4.69) is 10.2 Å². The maximum absolute atomic E-state index is 12.8. The van der Waals surface area contributed by atoms with Crippen LogP contribution in [-0.4, -0.2) is 62.4 Å². The highest BCUT2D eigenvalue weighted by atomic mass is 32.2. The third-order valence-electron chi connectivity index (χ3n) is 6.07. The third kappa shape index (κ3) is 5.45. The number of methoxy groups -OCH3 is 1. The fourth-order valence-corrected chi connectivity index (χ4v) is 5.80. The molecule has 1 fully saturated rings. The topological polar surface area (TPSA) is 105 Å². The van der Waals surface area contributed by atoms with Crippen molar-refractivity contribution in [1.29, 1.82) is 0 Å². The average molecular weight is 477 g/mol. The number of likely N-dealkylation sites (tertiary alicyclic amines) is 1. The Labute approximate surface area is 195 Å². The molecule has 10 heteroatoms. The van der Waals surface area contributed by atoms with Crippen molar-refractivity contribution >= 4 is 21.4 Å². The number of nitro groups is 1. The second-order valence-electron chi connectivity index (χ2n) is 7.91. The summed E-state index contributed by atoms with van der Waals surface area (Å²) in [7, 11) is -2.16. The van der Waals surface area contributed by atoms with E-state index in [1.54, 1.807) is 21.0 Å². The lowest BCUT2D eigenvalue weighted by Crippen LogP contribution is -2.31. The normalized spacial score (nSPS) is 15.5. The SMILES string of the molecule is CCN(CC)S(=O)(=O)c1ccc(NCC(c2ccccc2OC)N2CCCC2)c([N+](=O)[O-])c1. The number of hydrogen-bond donors (Lipinski definition) is 1. The van der Waals surface area contributed by atoms with Gasteiger partial charge in [-0.25, -0.2) is 8.42 Å². The number of hydrogen-bond acceptors (Lipinski definition) is 7. The molecule has 1 N–H and O–H groups in total. The summed E-state index contributed by atoms with van der Waals surface area (Å²) in [6, 6.07) is 11.8. The molecule has 0 saturated carbocycles. The van der Waals surface area contributed by atoms with Crippen LogP contribution in [0.2, 0.25) is 0 Å². The zero-order chi connectivity index (χ0) is 24.0. The summed E-state index contributed by atoms with van der Waals surface area (Å²) in [4.78, 5) is 13.5. The van der Waals surface area contributed by atoms with E-state index >= 15 is 0 Å². The van der Waals surface area contributed by atoms with E-state index in [9.17, 15) is 18.5 Å². The van der Waals surface area contributed by atoms with Crippen LogP contribution in [0.25, 0.3) is 0 Å². The Morgan fingerprint density at radius 1 is 1.15 bits per heavy atom. The Morgan fingerprint density at radius 3 is 2.42 bits per heavy atom. The minimum absolute atomic E-state index is 0.0395. The average Bonchev–Trinajstić information content (AvgIpc) is 3.34. The minimum Gasteiger partial charge on any atom is -0.496 e. The lowest BCUT2D eigenvalue weighted by atomic mass is 10.0. The van der Waals surface area contributed by atoms with Crippen molar-refractivity contribution < 1.29 is 18.1 Å². The smallest absolute Gasteiger partial charge is 0.293 e. The number of nitrogens with zero attached hydrogens (tertiary/aromatic N) is 3. The van der Waals surface area contributed by atoms with Crippen LogP contribution < -0.4 is 10.1 Å². The van der Waals surface area contributed by atoms with Gasteiger partial charge >= 0.3 is 0 Å². The molecule has 1 atom stereocenters. The number of nitro benzene ring substituents is 1. The molecule has 1 saturated heterocycles. The molecule has 1 aliphatic heterocycles. The van der Waals surface area contributed by atoms with Gasteiger partial charge in [-0.05, 0) is 44.1 Å². The monoisotopic (exact) mass is 476 g/mol. The Bertz CT molecular complexity index is 1070. The predicted octanol–water partition coefficient (Wildman–Crippen LogP) is 3.88. The standard InChI is InChI=1S/C23H32N4O5S/c1-4-26(5-2)33(30,31)18-12-13-20(21(16-18)27(28)29)24-17-22(25-14-8-9-15-25)19-10-6-7-11-23(19)32-3/h6-7,10-13,16,22,24H,4-5,8-9,14-15,17H2,1-3H3. The van der Waals surface area contributed by atoms with Gasteiger partial charge in [0, 0.05) is 31.3 Å². The van der Waals surface area contributed by atoms with Crippen molar-refractivity contribution in [1.82, 2.24) is 9.21 Å². The molecule has 0 aromatic heterocycles. The van der Waals surface area contributed by atoms with Crippen LogP contribution >= 0.6 is 0 Å². The highest BCUT2D eigenvalue weighted by Crippen LogP contribution is 2.34. The molecule has 1 aliphatic rings. The molecule has 33 heavy (non-hydrogen) atoms. The Balaban J connectivity index is 1.91. The first-order valence-corrected chi connectivity index (χ1v) is 12.7. The predicted molar refractivity (Wildman–Crippen MR) is 128 cm³/mol. The van der Waals surface area contributed by atoms with Crippen LogP contribution in [0.5, 0.6) is 5.75 Å². The molecule has 0 bridgehead atoms. The van der Waals surface area contributed by atoms with Crippen molar-refractivity contribution in [3.05, 3.63) is 58.1 Å². The maximum Gasteiger partial charge on any atom is 0.293 e. The third-order valence-corrected chi connectivity index (χ3v) is 8.12. The van der Waals surface area contributed by atoms with Gasteiger partial charge in [-0.2, -0.15) is 4.31 Å². The molecular formula is C23H32N4O5S. The molecular weight excluding hydrogens is 444 g/mol. The van der Waals surface area contributed by atoms with E-state index in [4.69, 9.17) is 4.74 Å². The maximum atomic E-state index is 12.8. The Hall–Kier alpha value is -2.69. The second-order valence-corrected chi connectivity index (χ2v) is 9.85. The van der Waals surface area contributed by atoms with Crippen molar-refractivity contribution in [2.24, 2.45) is 0 Å². The number of ether oxygens (including phenoxy) is 1. The van der Waals surface area contributed by atoms with Gasteiger partial charge in [0.2, 0.25) is 10.0 Å². The molecule has 0 spiro atoms. The van der Waals surface area contributed by atoms with Crippen LogP contribution in [0, 0.1) is 10.1 Å². The molecule has 2 aromatic carbocycles. The van der Waals surface area contributed by atoms with Crippen LogP contribution in [0.1, 0.15) is 38.3 Å². The zero-order valence-electron chi connectivity index (χ0n) is 19.4. The first kappa shape index (κ1) is 24.9. The van der Waals surface area contributed by atoms with E-state index in [1.165, 1.54) is 16.4 Å². The molecule has 3 rings (SSSR count). The number of nitrogens with one attached hydrogen (secondary N) is 1. The summed E-state index contributed by atoms with van der Waals surface area (Å²) >= 11 is 0. The summed E-state index contributed by atoms with van der Waals surface area (Å²) in [6.45, 7) is 6.36. The van der Waals surface area contributed by atoms with Gasteiger partial charge in [0.25, 0.3) is 5.69 Å². The first-order valence-electron chi connectivity index (χ1n) is 11.2. The van der Waals surface area contributed by atoms with Crippen LogP contribution in [0.3, 0.4) is 0 Å². The summed E-state index contributed by atoms with van der Waals surface area (Å²) in [5, 5.41) is 15.0. The van der Waals surface area contributed by atoms with Crippen LogP contribution in [-0.2, 0) is 10.0 Å². The zero-order valence-corrected chi connectivity index (χ0v) is 20.2. The van der Waals surface area contributed by atoms with E-state index in [0.717, 1.165) is 43.3 Å². The lowest BCUT2D eigenvalue weighted by Gasteiger charge is -2.29. The largest absolute Gasteiger partial charge is 0.496 e. The van der Waals surface area contributed by atoms with Gasteiger partial charge in [0.05, 0.1) is 23.0 Å². The lowest BCUT2D eigenvalue weighted by molar-refractivity contribution is -0.384. The molecule has 0 aliphatic carbocycles. The quantitative estimate of drug-likeness (QED) is 0.387. The number of anilines is 1. The molecule has 0 amide bonds. The number of para-hydroxylation sites is 1. The Morgan fingerprint density at radius 2 is 1.82 bits per heavy atom. The molecule has 180 valence electrons. The number of benzene rings is 2. The highest BCUT2D eigenvalue weighted by Gasteiger charge is 2.28. The van der Waals surface area contributed by atoms with Crippen molar-refractivity contribution in [3.8, 4) is 5.75 Å². The number of rotatable bonds is 11. The van der Waals surface area contributed by atoms with E-state index < -0.39 is 14.9 Å². The van der Waals surface area contributed by atoms with E-state index in [1.807, 2.05) is 24.3 Å². The van der Waals surface area contributed by atoms with E-state index in [0.29, 0.717) is 19.6 Å².